The number of hydrogen-bond donors (Lipinski definition) is 1. The Kier molecular flexibility index (Phi) is 7.08. The van der Waals surface area contributed by atoms with Gasteiger partial charge < -0.3 is 24.1 Å². The second-order valence-corrected chi connectivity index (χ2v) is 6.43. The van der Waals surface area contributed by atoms with Gasteiger partial charge in [-0.1, -0.05) is 32.0 Å². The lowest BCUT2D eigenvalue weighted by molar-refractivity contribution is 0.105. The van der Waals surface area contributed by atoms with Crippen LogP contribution in [0.1, 0.15) is 20.8 Å². The number of carbonyl (C=O) groups excluding carboxylic acids is 1. The molecule has 0 atom stereocenters. The fourth-order valence-electron chi connectivity index (χ4n) is 3.03. The lowest BCUT2D eigenvalue weighted by atomic mass is 10.2. The molecule has 0 aliphatic rings. The summed E-state index contributed by atoms with van der Waals surface area (Å²) < 4.78 is 16.0. The van der Waals surface area contributed by atoms with Gasteiger partial charge in [-0.15, -0.1) is 0 Å². The summed E-state index contributed by atoms with van der Waals surface area (Å²) >= 11 is 0. The number of aromatic amines is 1. The highest BCUT2D eigenvalue weighted by atomic mass is 16.7. The number of nitrogens with zero attached hydrogens (tertiary/aromatic N) is 2. The highest BCUT2D eigenvalue weighted by molar-refractivity contribution is 5.86. The number of imidazole rings is 1. The predicted molar refractivity (Wildman–Crippen MR) is 112 cm³/mol. The van der Waals surface area contributed by atoms with E-state index in [1.165, 1.54) is 0 Å². The minimum absolute atomic E-state index is 0.252. The topological polar surface area (TPSA) is 76.7 Å². The fraction of sp³-hybridized carbons (Fsp3) is 0.364. The van der Waals surface area contributed by atoms with Gasteiger partial charge in [0.15, 0.2) is 5.75 Å². The molecule has 1 N–H and O–H groups in total. The van der Waals surface area contributed by atoms with Crippen LogP contribution in [0.25, 0.3) is 22.4 Å². The maximum Gasteiger partial charge on any atom is 0.513 e. The van der Waals surface area contributed by atoms with Crippen LogP contribution in [0.15, 0.2) is 42.5 Å². The number of benzene rings is 2. The first-order chi connectivity index (χ1) is 14.1. The van der Waals surface area contributed by atoms with Crippen molar-refractivity contribution in [2.45, 2.75) is 20.8 Å². The largest absolute Gasteiger partial charge is 0.513 e. The number of H-pyrrole nitrogens is 1. The predicted octanol–water partition coefficient (Wildman–Crippen LogP) is 4.49. The summed E-state index contributed by atoms with van der Waals surface area (Å²) in [5.74, 6) is 1.82. The molecular formula is C22H27N3O4. The van der Waals surface area contributed by atoms with Gasteiger partial charge in [0.2, 0.25) is 0 Å². The molecule has 1 heterocycles. The van der Waals surface area contributed by atoms with Crippen LogP contribution in [0.3, 0.4) is 0 Å². The summed E-state index contributed by atoms with van der Waals surface area (Å²) in [5.41, 5.74) is 2.24. The van der Waals surface area contributed by atoms with E-state index in [1.807, 2.05) is 30.3 Å². The number of nitrogens with one attached hydrogen (secondary N) is 1. The Hall–Kier alpha value is -3.06. The second kappa shape index (κ2) is 9.93. The Labute approximate surface area is 170 Å². The van der Waals surface area contributed by atoms with Crippen LogP contribution in [-0.4, -0.2) is 53.9 Å². The fourth-order valence-corrected chi connectivity index (χ4v) is 3.03. The maximum atomic E-state index is 11.7. The van der Waals surface area contributed by atoms with Crippen molar-refractivity contribution in [1.82, 2.24) is 14.9 Å². The molecule has 0 aliphatic carbocycles. The number of likely N-dealkylation sites (N-methyl/N-ethyl adjacent to an activating group) is 1. The molecule has 0 aliphatic heterocycles. The normalized spacial score (nSPS) is 11.0. The number of para-hydroxylation sites is 1. The van der Waals surface area contributed by atoms with Crippen molar-refractivity contribution < 1.29 is 19.0 Å². The van der Waals surface area contributed by atoms with Crippen LogP contribution < -0.4 is 9.47 Å². The summed E-state index contributed by atoms with van der Waals surface area (Å²) in [6, 6.07) is 13.2. The third-order valence-electron chi connectivity index (χ3n) is 4.61. The molecule has 0 saturated carbocycles. The average molecular weight is 397 g/mol. The third-order valence-corrected chi connectivity index (χ3v) is 4.61. The third kappa shape index (κ3) is 5.26. The number of hydrogen-bond acceptors (Lipinski definition) is 6. The molecule has 3 rings (SSSR count). The van der Waals surface area contributed by atoms with Gasteiger partial charge in [-0.3, -0.25) is 0 Å². The van der Waals surface area contributed by atoms with Crippen LogP contribution in [-0.2, 0) is 4.74 Å². The second-order valence-electron chi connectivity index (χ2n) is 6.43. The minimum atomic E-state index is -0.742. The molecule has 29 heavy (non-hydrogen) atoms. The monoisotopic (exact) mass is 397 g/mol. The van der Waals surface area contributed by atoms with Gasteiger partial charge >= 0.3 is 6.16 Å². The van der Waals surface area contributed by atoms with Crippen molar-refractivity contribution in [2.24, 2.45) is 0 Å². The van der Waals surface area contributed by atoms with E-state index >= 15 is 0 Å². The van der Waals surface area contributed by atoms with Crippen molar-refractivity contribution in [3.8, 4) is 22.9 Å². The Balaban J connectivity index is 1.77. The van der Waals surface area contributed by atoms with Gasteiger partial charge in [0.1, 0.15) is 23.7 Å². The van der Waals surface area contributed by atoms with Crippen LogP contribution in [0.4, 0.5) is 4.79 Å². The molecule has 0 amide bonds. The van der Waals surface area contributed by atoms with E-state index < -0.39 is 6.16 Å². The van der Waals surface area contributed by atoms with E-state index in [4.69, 9.17) is 14.2 Å². The summed E-state index contributed by atoms with van der Waals surface area (Å²) in [4.78, 5) is 21.9. The van der Waals surface area contributed by atoms with Gasteiger partial charge in [0, 0.05) is 12.1 Å². The van der Waals surface area contributed by atoms with Crippen molar-refractivity contribution in [3.63, 3.8) is 0 Å². The molecule has 7 heteroatoms. The molecule has 0 fully saturated rings. The van der Waals surface area contributed by atoms with Crippen molar-refractivity contribution >= 4 is 17.2 Å². The first kappa shape index (κ1) is 20.7. The highest BCUT2D eigenvalue weighted by Gasteiger charge is 2.14. The number of ether oxygens (including phenoxy) is 3. The smallest absolute Gasteiger partial charge is 0.492 e. The van der Waals surface area contributed by atoms with E-state index in [0.717, 1.165) is 36.5 Å². The SMILES string of the molecule is CCOC(=O)Oc1cccc2[nH]c(-c3cccc(OCCN(CC)CC)c3)nc12. The van der Waals surface area contributed by atoms with Crippen LogP contribution in [0.2, 0.25) is 0 Å². The first-order valence-corrected chi connectivity index (χ1v) is 9.93. The molecule has 0 saturated heterocycles. The summed E-state index contributed by atoms with van der Waals surface area (Å²) in [7, 11) is 0. The summed E-state index contributed by atoms with van der Waals surface area (Å²) in [6.07, 6.45) is -0.742. The van der Waals surface area contributed by atoms with E-state index in [1.54, 1.807) is 19.1 Å². The van der Waals surface area contributed by atoms with Gasteiger partial charge in [0.25, 0.3) is 0 Å². The number of rotatable bonds is 9. The molecule has 1 aromatic heterocycles. The Morgan fingerprint density at radius 3 is 2.66 bits per heavy atom. The minimum Gasteiger partial charge on any atom is -0.492 e. The zero-order valence-corrected chi connectivity index (χ0v) is 17.1. The highest BCUT2D eigenvalue weighted by Crippen LogP contribution is 2.29. The zero-order valence-electron chi connectivity index (χ0n) is 17.1. The lowest BCUT2D eigenvalue weighted by Gasteiger charge is -2.18. The molecule has 0 spiro atoms. The molecule has 7 nitrogen and oxygen atoms in total. The molecule has 2 aromatic carbocycles. The van der Waals surface area contributed by atoms with E-state index in [2.05, 4.69) is 28.7 Å². The summed E-state index contributed by atoms with van der Waals surface area (Å²) in [5, 5.41) is 0. The average Bonchev–Trinajstić information content (AvgIpc) is 3.17. The molecular weight excluding hydrogens is 370 g/mol. The van der Waals surface area contributed by atoms with E-state index in [9.17, 15) is 4.79 Å². The number of aromatic nitrogens is 2. The van der Waals surface area contributed by atoms with E-state index in [0.29, 0.717) is 23.7 Å². The lowest BCUT2D eigenvalue weighted by Crippen LogP contribution is -2.27. The zero-order chi connectivity index (χ0) is 20.6. The number of carbonyl (C=O) groups is 1. The maximum absolute atomic E-state index is 11.7. The number of fused-ring (bicyclic) bond motifs is 1. The van der Waals surface area contributed by atoms with Crippen molar-refractivity contribution in [1.29, 1.82) is 0 Å². The quantitative estimate of drug-likeness (QED) is 0.424. The molecule has 0 radical (unpaired) electrons. The van der Waals surface area contributed by atoms with Gasteiger partial charge in [-0.25, -0.2) is 9.78 Å². The molecule has 0 bridgehead atoms. The van der Waals surface area contributed by atoms with Crippen molar-refractivity contribution in [3.05, 3.63) is 42.5 Å². The van der Waals surface area contributed by atoms with Gasteiger partial charge in [-0.05, 0) is 44.3 Å². The van der Waals surface area contributed by atoms with Crippen molar-refractivity contribution in [2.75, 3.05) is 32.8 Å². The van der Waals surface area contributed by atoms with Gasteiger partial charge in [-0.2, -0.15) is 0 Å². The van der Waals surface area contributed by atoms with Crippen LogP contribution in [0.5, 0.6) is 11.5 Å². The molecule has 0 unspecified atom stereocenters. The Bertz CT molecular complexity index is 950. The van der Waals surface area contributed by atoms with Crippen LogP contribution in [0, 0.1) is 0 Å². The Morgan fingerprint density at radius 2 is 1.90 bits per heavy atom. The van der Waals surface area contributed by atoms with Gasteiger partial charge in [0.05, 0.1) is 12.1 Å². The first-order valence-electron chi connectivity index (χ1n) is 9.93. The van der Waals surface area contributed by atoms with Crippen LogP contribution >= 0.6 is 0 Å². The molecule has 154 valence electrons. The standard InChI is InChI=1S/C22H27N3O4/c1-4-25(5-2)13-14-28-17-10-7-9-16(15-17)21-23-18-11-8-12-19(20(18)24-21)29-22(26)27-6-3/h7-12,15H,4-6,13-14H2,1-3H3,(H,23,24). The Morgan fingerprint density at radius 1 is 1.10 bits per heavy atom. The molecule has 3 aromatic rings. The van der Waals surface area contributed by atoms with E-state index in [-0.39, 0.29) is 6.61 Å². The summed E-state index contributed by atoms with van der Waals surface area (Å²) in [6.45, 7) is 9.80.